The molecule has 0 saturated carbocycles. The van der Waals surface area contributed by atoms with Crippen LogP contribution in [0.5, 0.6) is 0 Å². The smallest absolute Gasteiger partial charge is 0.284 e. The SMILES string of the molecule is Cc1cccc(Nc2nnc(Sc3ccc(C(N)=O)cc3[N+](=O)[O-])s2)c1C. The van der Waals surface area contributed by atoms with Crippen molar-refractivity contribution < 1.29 is 9.72 Å². The number of hydrogen-bond acceptors (Lipinski definition) is 8. The molecule has 3 rings (SSSR count). The fourth-order valence-corrected chi connectivity index (χ4v) is 4.10. The van der Waals surface area contributed by atoms with Crippen LogP contribution in [0.2, 0.25) is 0 Å². The molecule has 138 valence electrons. The fraction of sp³-hybridized carbons (Fsp3) is 0.118. The number of nitrogens with zero attached hydrogens (tertiary/aromatic N) is 3. The molecule has 0 spiro atoms. The number of nitro groups is 1. The Morgan fingerprint density at radius 3 is 2.74 bits per heavy atom. The summed E-state index contributed by atoms with van der Waals surface area (Å²) in [4.78, 5) is 22.3. The molecule has 0 bridgehead atoms. The Balaban J connectivity index is 1.83. The highest BCUT2D eigenvalue weighted by molar-refractivity contribution is 8.01. The Hall–Kier alpha value is -2.98. The van der Waals surface area contributed by atoms with Gasteiger partial charge in [-0.3, -0.25) is 14.9 Å². The molecular weight excluding hydrogens is 386 g/mol. The molecule has 10 heteroatoms. The van der Waals surface area contributed by atoms with Crippen LogP contribution in [0.3, 0.4) is 0 Å². The number of aryl methyl sites for hydroxylation is 1. The molecule has 0 aliphatic carbocycles. The molecular formula is C17H15N5O3S2. The number of hydrogen-bond donors (Lipinski definition) is 2. The molecule has 0 aliphatic rings. The maximum absolute atomic E-state index is 11.3. The highest BCUT2D eigenvalue weighted by Crippen LogP contribution is 2.38. The van der Waals surface area contributed by atoms with E-state index in [0.717, 1.165) is 28.6 Å². The van der Waals surface area contributed by atoms with Gasteiger partial charge < -0.3 is 11.1 Å². The van der Waals surface area contributed by atoms with Crippen molar-refractivity contribution in [1.29, 1.82) is 0 Å². The molecule has 1 aromatic heterocycles. The molecule has 2 aromatic carbocycles. The fourth-order valence-electron chi connectivity index (χ4n) is 2.30. The summed E-state index contributed by atoms with van der Waals surface area (Å²) in [5, 5.41) is 23.3. The average molecular weight is 401 g/mol. The van der Waals surface area contributed by atoms with E-state index in [9.17, 15) is 14.9 Å². The van der Waals surface area contributed by atoms with Crippen LogP contribution >= 0.6 is 23.1 Å². The van der Waals surface area contributed by atoms with Gasteiger partial charge in [0.15, 0.2) is 4.34 Å². The molecule has 0 atom stereocenters. The van der Waals surface area contributed by atoms with E-state index in [4.69, 9.17) is 5.73 Å². The van der Waals surface area contributed by atoms with Crippen molar-refractivity contribution in [2.24, 2.45) is 5.73 Å². The van der Waals surface area contributed by atoms with E-state index in [1.165, 1.54) is 29.5 Å². The van der Waals surface area contributed by atoms with E-state index in [2.05, 4.69) is 15.5 Å². The molecule has 0 radical (unpaired) electrons. The van der Waals surface area contributed by atoms with Gasteiger partial charge in [0.2, 0.25) is 11.0 Å². The number of benzene rings is 2. The van der Waals surface area contributed by atoms with E-state index in [1.807, 2.05) is 32.0 Å². The number of aromatic nitrogens is 2. The molecule has 8 nitrogen and oxygen atoms in total. The van der Waals surface area contributed by atoms with Crippen LogP contribution in [-0.2, 0) is 0 Å². The third-order valence-corrected chi connectivity index (χ3v) is 5.84. The zero-order valence-electron chi connectivity index (χ0n) is 14.4. The third kappa shape index (κ3) is 4.23. The lowest BCUT2D eigenvalue weighted by Crippen LogP contribution is -2.11. The van der Waals surface area contributed by atoms with Gasteiger partial charge in [-0.2, -0.15) is 0 Å². The number of amides is 1. The van der Waals surface area contributed by atoms with Gasteiger partial charge >= 0.3 is 0 Å². The van der Waals surface area contributed by atoms with Crippen molar-refractivity contribution in [2.45, 2.75) is 23.1 Å². The zero-order valence-corrected chi connectivity index (χ0v) is 16.1. The number of rotatable bonds is 6. The van der Waals surface area contributed by atoms with Gasteiger partial charge in [0.25, 0.3) is 5.69 Å². The molecule has 0 fully saturated rings. The van der Waals surface area contributed by atoms with E-state index < -0.39 is 10.8 Å². The Bertz CT molecular complexity index is 1040. The van der Waals surface area contributed by atoms with Gasteiger partial charge in [-0.25, -0.2) is 0 Å². The van der Waals surface area contributed by atoms with E-state index in [-0.39, 0.29) is 11.3 Å². The summed E-state index contributed by atoms with van der Waals surface area (Å²) in [7, 11) is 0. The molecule has 3 N–H and O–H groups in total. The number of nitrogens with one attached hydrogen (secondary N) is 1. The van der Waals surface area contributed by atoms with Crippen molar-refractivity contribution >= 4 is 45.5 Å². The number of carbonyl (C=O) groups excluding carboxylic acids is 1. The summed E-state index contributed by atoms with van der Waals surface area (Å²) in [6.45, 7) is 4.04. The van der Waals surface area contributed by atoms with Gasteiger partial charge in [0, 0.05) is 17.3 Å². The largest absolute Gasteiger partial charge is 0.366 e. The molecule has 3 aromatic rings. The topological polar surface area (TPSA) is 124 Å². The summed E-state index contributed by atoms with van der Waals surface area (Å²) in [6, 6.07) is 10.0. The van der Waals surface area contributed by atoms with Crippen molar-refractivity contribution in [3.8, 4) is 0 Å². The van der Waals surface area contributed by atoms with Crippen LogP contribution in [0, 0.1) is 24.0 Å². The number of carbonyl (C=O) groups is 1. The third-order valence-electron chi connectivity index (χ3n) is 3.89. The molecule has 0 aliphatic heterocycles. The van der Waals surface area contributed by atoms with Gasteiger partial charge in [-0.1, -0.05) is 23.5 Å². The van der Waals surface area contributed by atoms with Crippen LogP contribution in [0.4, 0.5) is 16.5 Å². The second-order valence-corrected chi connectivity index (χ2v) is 7.92. The first-order chi connectivity index (χ1) is 12.8. The second-order valence-electron chi connectivity index (χ2n) is 5.65. The first-order valence-electron chi connectivity index (χ1n) is 7.78. The average Bonchev–Trinajstić information content (AvgIpc) is 3.06. The zero-order chi connectivity index (χ0) is 19.6. The second kappa shape index (κ2) is 7.72. The Labute approximate surface area is 163 Å². The Morgan fingerprint density at radius 2 is 2.04 bits per heavy atom. The van der Waals surface area contributed by atoms with Crippen LogP contribution in [-0.4, -0.2) is 21.0 Å². The summed E-state index contributed by atoms with van der Waals surface area (Å²) >= 11 is 2.40. The van der Waals surface area contributed by atoms with Crippen LogP contribution in [0.25, 0.3) is 0 Å². The first-order valence-corrected chi connectivity index (χ1v) is 9.41. The number of nitro benzene ring substituents is 1. The minimum atomic E-state index is -0.717. The first kappa shape index (κ1) is 18.8. The normalized spacial score (nSPS) is 10.6. The van der Waals surface area contributed by atoms with Gasteiger partial charge in [-0.15, -0.1) is 10.2 Å². The van der Waals surface area contributed by atoms with Crippen molar-refractivity contribution in [2.75, 3.05) is 5.32 Å². The summed E-state index contributed by atoms with van der Waals surface area (Å²) in [5.41, 5.74) is 8.27. The standard InChI is InChI=1S/C17H15N5O3S2/c1-9-4-3-5-12(10(9)2)19-16-20-21-17(27-16)26-14-7-6-11(15(18)23)8-13(14)22(24)25/h3-8H,1-2H3,(H2,18,23)(H,19,20). The van der Waals surface area contributed by atoms with Gasteiger partial charge in [0.05, 0.1) is 9.82 Å². The number of primary amides is 1. The van der Waals surface area contributed by atoms with Crippen molar-refractivity contribution in [3.05, 3.63) is 63.2 Å². The number of nitrogens with two attached hydrogens (primary N) is 1. The van der Waals surface area contributed by atoms with Crippen LogP contribution in [0.15, 0.2) is 45.6 Å². The highest BCUT2D eigenvalue weighted by atomic mass is 32.2. The predicted molar refractivity (Wildman–Crippen MR) is 105 cm³/mol. The summed E-state index contributed by atoms with van der Waals surface area (Å²) in [6.07, 6.45) is 0. The lowest BCUT2D eigenvalue weighted by atomic mass is 10.1. The predicted octanol–water partition coefficient (Wildman–Crippen LogP) is 4.06. The van der Waals surface area contributed by atoms with E-state index in [1.54, 1.807) is 0 Å². The lowest BCUT2D eigenvalue weighted by Gasteiger charge is -2.08. The maximum atomic E-state index is 11.3. The minimum absolute atomic E-state index is 0.0839. The molecule has 0 unspecified atom stereocenters. The molecule has 27 heavy (non-hydrogen) atoms. The summed E-state index contributed by atoms with van der Waals surface area (Å²) in [5.74, 6) is -0.717. The van der Waals surface area contributed by atoms with Gasteiger partial charge in [-0.05, 0) is 54.9 Å². The van der Waals surface area contributed by atoms with Crippen LogP contribution in [0.1, 0.15) is 21.5 Å². The quantitative estimate of drug-likeness (QED) is 0.471. The Kier molecular flexibility index (Phi) is 5.38. The van der Waals surface area contributed by atoms with Crippen molar-refractivity contribution in [1.82, 2.24) is 10.2 Å². The molecule has 1 amide bonds. The molecule has 1 heterocycles. The maximum Gasteiger partial charge on any atom is 0.284 e. The van der Waals surface area contributed by atoms with Gasteiger partial charge in [0.1, 0.15) is 0 Å². The lowest BCUT2D eigenvalue weighted by molar-refractivity contribution is -0.387. The highest BCUT2D eigenvalue weighted by Gasteiger charge is 2.19. The minimum Gasteiger partial charge on any atom is -0.366 e. The molecule has 0 saturated heterocycles. The summed E-state index contributed by atoms with van der Waals surface area (Å²) < 4.78 is 0.540. The monoisotopic (exact) mass is 401 g/mol. The van der Waals surface area contributed by atoms with Crippen molar-refractivity contribution in [3.63, 3.8) is 0 Å². The Morgan fingerprint density at radius 1 is 1.26 bits per heavy atom. The number of anilines is 2. The van der Waals surface area contributed by atoms with E-state index >= 15 is 0 Å². The van der Waals surface area contributed by atoms with Crippen LogP contribution < -0.4 is 11.1 Å². The van der Waals surface area contributed by atoms with E-state index in [0.29, 0.717) is 14.4 Å².